The lowest BCUT2D eigenvalue weighted by Crippen LogP contribution is -1.99. The highest BCUT2D eigenvalue weighted by Crippen LogP contribution is 2.31. The van der Waals surface area contributed by atoms with Gasteiger partial charge < -0.3 is 4.42 Å². The summed E-state index contributed by atoms with van der Waals surface area (Å²) in [6.07, 6.45) is 3.66. The van der Waals surface area contributed by atoms with E-state index in [1.165, 1.54) is 11.1 Å². The molecule has 0 atom stereocenters. The van der Waals surface area contributed by atoms with Crippen molar-refractivity contribution in [3.8, 4) is 28.4 Å². The van der Waals surface area contributed by atoms with E-state index >= 15 is 0 Å². The number of aromatic nitrogens is 4. The number of hydrazone groups is 1. The number of hydrogen-bond acceptors (Lipinski definition) is 6. The van der Waals surface area contributed by atoms with E-state index in [9.17, 15) is 0 Å². The van der Waals surface area contributed by atoms with E-state index in [1.54, 1.807) is 6.21 Å². The van der Waals surface area contributed by atoms with Gasteiger partial charge in [-0.2, -0.15) is 10.2 Å². The molecule has 0 spiro atoms. The Morgan fingerprint density at radius 2 is 1.58 bits per heavy atom. The summed E-state index contributed by atoms with van der Waals surface area (Å²) < 4.78 is 7.69. The molecule has 0 bridgehead atoms. The van der Waals surface area contributed by atoms with Gasteiger partial charge in [0.1, 0.15) is 17.1 Å². The van der Waals surface area contributed by atoms with Crippen LogP contribution in [0.15, 0.2) is 101 Å². The summed E-state index contributed by atoms with van der Waals surface area (Å²) >= 11 is 0. The Morgan fingerprint density at radius 1 is 0.789 bits per heavy atom. The van der Waals surface area contributed by atoms with E-state index in [4.69, 9.17) is 9.52 Å². The molecule has 6 aromatic rings. The zero-order chi connectivity index (χ0) is 26.1. The molecule has 0 saturated carbocycles. The van der Waals surface area contributed by atoms with Crippen molar-refractivity contribution in [2.75, 3.05) is 5.43 Å². The molecule has 0 unspecified atom stereocenters. The normalized spacial score (nSPS) is 11.4. The van der Waals surface area contributed by atoms with Gasteiger partial charge in [0.25, 0.3) is 0 Å². The maximum absolute atomic E-state index is 5.87. The number of nitrogens with one attached hydrogen (secondary N) is 1. The van der Waals surface area contributed by atoms with Crippen molar-refractivity contribution in [1.29, 1.82) is 0 Å². The number of fused-ring (bicyclic) bond motifs is 1. The molecule has 0 amide bonds. The van der Waals surface area contributed by atoms with Gasteiger partial charge in [0, 0.05) is 28.1 Å². The van der Waals surface area contributed by atoms with Crippen molar-refractivity contribution >= 4 is 22.8 Å². The molecule has 6 rings (SSSR count). The number of aryl methyl sites for hydroxylation is 3. The van der Waals surface area contributed by atoms with Gasteiger partial charge in [0.15, 0.2) is 11.6 Å². The molecule has 0 fully saturated rings. The number of benzene rings is 3. The predicted molar refractivity (Wildman–Crippen MR) is 152 cm³/mol. The van der Waals surface area contributed by atoms with Crippen LogP contribution in [-0.4, -0.2) is 26.2 Å². The third kappa shape index (κ3) is 4.46. The van der Waals surface area contributed by atoms with Gasteiger partial charge in [0.2, 0.25) is 0 Å². The van der Waals surface area contributed by atoms with Crippen molar-refractivity contribution in [3.63, 3.8) is 0 Å². The first-order valence-electron chi connectivity index (χ1n) is 12.4. The quantitative estimate of drug-likeness (QED) is 0.195. The van der Waals surface area contributed by atoms with Gasteiger partial charge in [0.05, 0.1) is 11.9 Å². The summed E-state index contributed by atoms with van der Waals surface area (Å²) in [6, 6.07) is 28.2. The fourth-order valence-corrected chi connectivity index (χ4v) is 4.40. The summed E-state index contributed by atoms with van der Waals surface area (Å²) in [5.41, 5.74) is 9.91. The summed E-state index contributed by atoms with van der Waals surface area (Å²) in [5.74, 6) is 2.08. The lowest BCUT2D eigenvalue weighted by molar-refractivity contribution is 0.545. The Bertz CT molecular complexity index is 1780. The molecule has 0 saturated heterocycles. The van der Waals surface area contributed by atoms with Gasteiger partial charge in [-0.25, -0.2) is 4.68 Å². The van der Waals surface area contributed by atoms with Crippen LogP contribution in [0.1, 0.15) is 22.5 Å². The molecule has 186 valence electrons. The highest BCUT2D eigenvalue weighted by Gasteiger charge is 2.15. The van der Waals surface area contributed by atoms with Gasteiger partial charge in [-0.3, -0.25) is 5.43 Å². The molecule has 3 aromatic carbocycles. The second kappa shape index (κ2) is 9.78. The molecule has 0 aliphatic rings. The number of hydrogen-bond donors (Lipinski definition) is 1. The second-order valence-electron chi connectivity index (χ2n) is 9.24. The fraction of sp³-hybridized carbons (Fsp3) is 0.0968. The van der Waals surface area contributed by atoms with E-state index in [2.05, 4.69) is 58.8 Å². The Kier molecular flexibility index (Phi) is 6.01. The minimum absolute atomic E-state index is 0.579. The first kappa shape index (κ1) is 23.4. The van der Waals surface area contributed by atoms with Crippen LogP contribution in [0.5, 0.6) is 0 Å². The molecule has 7 nitrogen and oxygen atoms in total. The Hall–Kier alpha value is -5.04. The second-order valence-corrected chi connectivity index (χ2v) is 9.24. The minimum atomic E-state index is 0.579. The smallest absolute Gasteiger partial charge is 0.176 e. The average Bonchev–Trinajstić information content (AvgIpc) is 3.57. The van der Waals surface area contributed by atoms with E-state index in [-0.39, 0.29) is 0 Å². The minimum Gasteiger partial charge on any atom is -0.460 e. The standard InChI is InChI=1S/C31H26N6O/c1-20-13-15-23(17-21(20)2)29-26-11-7-8-12-27(26)31(35-33-29)34-32-18-24-19-37(25-9-5-4-6-10-25)36-30(24)28-16-14-22(3)38-28/h4-19H,1-3H3,(H,34,35). The van der Waals surface area contributed by atoms with Crippen molar-refractivity contribution in [1.82, 2.24) is 20.0 Å². The van der Waals surface area contributed by atoms with Gasteiger partial charge in [-0.05, 0) is 62.2 Å². The van der Waals surface area contributed by atoms with Crippen LogP contribution in [0.3, 0.4) is 0 Å². The predicted octanol–water partition coefficient (Wildman–Crippen LogP) is 7.11. The van der Waals surface area contributed by atoms with Crippen LogP contribution in [0.2, 0.25) is 0 Å². The lowest BCUT2D eigenvalue weighted by Gasteiger charge is -2.10. The summed E-state index contributed by atoms with van der Waals surface area (Å²) in [6.45, 7) is 6.13. The number of anilines is 1. The number of para-hydroxylation sites is 1. The molecular formula is C31H26N6O. The van der Waals surface area contributed by atoms with Crippen LogP contribution < -0.4 is 5.43 Å². The fourth-order valence-electron chi connectivity index (χ4n) is 4.40. The number of furan rings is 1. The first-order chi connectivity index (χ1) is 18.6. The summed E-state index contributed by atoms with van der Waals surface area (Å²) in [4.78, 5) is 0. The summed E-state index contributed by atoms with van der Waals surface area (Å²) in [5, 5.41) is 20.3. The highest BCUT2D eigenvalue weighted by molar-refractivity contribution is 6.00. The molecule has 0 radical (unpaired) electrons. The van der Waals surface area contributed by atoms with Crippen molar-refractivity contribution in [2.24, 2.45) is 5.10 Å². The van der Waals surface area contributed by atoms with Gasteiger partial charge in [-0.1, -0.05) is 54.6 Å². The molecule has 38 heavy (non-hydrogen) atoms. The van der Waals surface area contributed by atoms with Crippen molar-refractivity contribution in [2.45, 2.75) is 20.8 Å². The third-order valence-electron chi connectivity index (χ3n) is 6.58. The van der Waals surface area contributed by atoms with E-state index in [1.807, 2.05) is 78.5 Å². The highest BCUT2D eigenvalue weighted by atomic mass is 16.3. The van der Waals surface area contributed by atoms with Gasteiger partial charge in [-0.15, -0.1) is 10.2 Å². The zero-order valence-corrected chi connectivity index (χ0v) is 21.4. The Morgan fingerprint density at radius 3 is 2.34 bits per heavy atom. The van der Waals surface area contributed by atoms with Crippen LogP contribution in [0.4, 0.5) is 5.82 Å². The molecule has 3 heterocycles. The van der Waals surface area contributed by atoms with E-state index in [0.717, 1.165) is 39.0 Å². The topological polar surface area (TPSA) is 81.1 Å². The van der Waals surface area contributed by atoms with E-state index < -0.39 is 0 Å². The molecule has 1 N–H and O–H groups in total. The largest absolute Gasteiger partial charge is 0.460 e. The van der Waals surface area contributed by atoms with Gasteiger partial charge >= 0.3 is 0 Å². The number of rotatable bonds is 6. The van der Waals surface area contributed by atoms with Crippen LogP contribution in [0.25, 0.3) is 39.2 Å². The van der Waals surface area contributed by atoms with Crippen molar-refractivity contribution in [3.05, 3.63) is 114 Å². The number of nitrogens with zero attached hydrogens (tertiary/aromatic N) is 5. The molecule has 3 aromatic heterocycles. The SMILES string of the molecule is Cc1ccc(-c2nn(-c3ccccc3)cc2C=NNc2nnc(-c3ccc(C)c(C)c3)c3ccccc23)o1. The average molecular weight is 499 g/mol. The molecular weight excluding hydrogens is 472 g/mol. The van der Waals surface area contributed by atoms with Crippen LogP contribution >= 0.6 is 0 Å². The Labute approximate surface area is 220 Å². The maximum Gasteiger partial charge on any atom is 0.176 e. The molecule has 7 heteroatoms. The Balaban J connectivity index is 1.35. The van der Waals surface area contributed by atoms with E-state index in [0.29, 0.717) is 17.3 Å². The summed E-state index contributed by atoms with van der Waals surface area (Å²) in [7, 11) is 0. The van der Waals surface area contributed by atoms with Crippen molar-refractivity contribution < 1.29 is 4.42 Å². The first-order valence-corrected chi connectivity index (χ1v) is 12.4. The van der Waals surface area contributed by atoms with Crippen LogP contribution in [0, 0.1) is 20.8 Å². The lowest BCUT2D eigenvalue weighted by atomic mass is 10.0. The molecule has 0 aliphatic carbocycles. The van der Waals surface area contributed by atoms with Crippen LogP contribution in [-0.2, 0) is 0 Å². The molecule has 0 aliphatic heterocycles. The third-order valence-corrected chi connectivity index (χ3v) is 6.58. The zero-order valence-electron chi connectivity index (χ0n) is 21.4. The monoisotopic (exact) mass is 498 g/mol. The maximum atomic E-state index is 5.87.